The van der Waals surface area contributed by atoms with Gasteiger partial charge in [0, 0.05) is 32.2 Å². The Morgan fingerprint density at radius 1 is 1.25 bits per heavy atom. The highest BCUT2D eigenvalue weighted by molar-refractivity contribution is 5.97. The predicted octanol–water partition coefficient (Wildman–Crippen LogP) is -0.523. The maximum absolute atomic E-state index is 11.7. The first-order valence-electron chi connectivity index (χ1n) is 6.03. The molecule has 0 aromatic heterocycles. The summed E-state index contributed by atoms with van der Waals surface area (Å²) in [5.41, 5.74) is 0. The Labute approximate surface area is 95.6 Å². The summed E-state index contributed by atoms with van der Waals surface area (Å²) in [5, 5.41) is 6.06. The molecule has 0 aromatic rings. The number of carbonyl (C=O) groups excluding carboxylic acids is 2. The van der Waals surface area contributed by atoms with Crippen LogP contribution in [0.25, 0.3) is 0 Å². The van der Waals surface area contributed by atoms with E-state index in [1.54, 1.807) is 4.90 Å². The lowest BCUT2D eigenvalue weighted by molar-refractivity contribution is -0.136. The van der Waals surface area contributed by atoms with Gasteiger partial charge in [-0.05, 0) is 19.3 Å². The third-order valence-electron chi connectivity index (χ3n) is 3.25. The molecule has 5 nitrogen and oxygen atoms in total. The minimum absolute atomic E-state index is 0.0104. The molecule has 2 aliphatic rings. The maximum Gasteiger partial charge on any atom is 0.232 e. The van der Waals surface area contributed by atoms with Gasteiger partial charge in [-0.2, -0.15) is 0 Å². The second kappa shape index (κ2) is 5.30. The summed E-state index contributed by atoms with van der Waals surface area (Å²) < 4.78 is 0. The Morgan fingerprint density at radius 2 is 1.94 bits per heavy atom. The van der Waals surface area contributed by atoms with Crippen molar-refractivity contribution in [3.63, 3.8) is 0 Å². The highest BCUT2D eigenvalue weighted by Crippen LogP contribution is 2.17. The van der Waals surface area contributed by atoms with Crippen LogP contribution in [0.1, 0.15) is 25.7 Å². The highest BCUT2D eigenvalue weighted by atomic mass is 16.2. The molecule has 1 saturated carbocycles. The molecule has 2 N–H and O–H groups in total. The summed E-state index contributed by atoms with van der Waals surface area (Å²) in [6.07, 6.45) is 3.33. The first-order chi connectivity index (χ1) is 7.75. The van der Waals surface area contributed by atoms with E-state index in [-0.39, 0.29) is 18.2 Å². The lowest BCUT2D eigenvalue weighted by atomic mass is 9.93. The summed E-state index contributed by atoms with van der Waals surface area (Å²) in [7, 11) is 0. The van der Waals surface area contributed by atoms with Crippen molar-refractivity contribution in [2.24, 2.45) is 0 Å². The van der Waals surface area contributed by atoms with Gasteiger partial charge in [-0.3, -0.25) is 9.59 Å². The largest absolute Gasteiger partial charge is 0.353 e. The summed E-state index contributed by atoms with van der Waals surface area (Å²) in [6, 6.07) is 0.323. The van der Waals surface area contributed by atoms with Crippen LogP contribution in [0.15, 0.2) is 0 Å². The monoisotopic (exact) mass is 225 g/mol. The van der Waals surface area contributed by atoms with Crippen LogP contribution in [-0.2, 0) is 9.59 Å². The van der Waals surface area contributed by atoms with Crippen molar-refractivity contribution in [3.8, 4) is 0 Å². The molecule has 0 radical (unpaired) electrons. The molecule has 5 heteroatoms. The molecule has 0 bridgehead atoms. The van der Waals surface area contributed by atoms with Gasteiger partial charge < -0.3 is 15.5 Å². The summed E-state index contributed by atoms with van der Waals surface area (Å²) in [5.74, 6) is -0.161. The van der Waals surface area contributed by atoms with Crippen LogP contribution in [0.4, 0.5) is 0 Å². The number of piperazine rings is 1. The molecule has 2 fully saturated rings. The zero-order valence-corrected chi connectivity index (χ0v) is 9.50. The van der Waals surface area contributed by atoms with Crippen molar-refractivity contribution in [1.82, 2.24) is 15.5 Å². The third-order valence-corrected chi connectivity index (χ3v) is 3.25. The third kappa shape index (κ3) is 2.95. The van der Waals surface area contributed by atoms with Crippen molar-refractivity contribution in [3.05, 3.63) is 0 Å². The molecule has 1 aliphatic carbocycles. The molecule has 90 valence electrons. The minimum atomic E-state index is -0.117. The smallest absolute Gasteiger partial charge is 0.232 e. The van der Waals surface area contributed by atoms with E-state index in [0.29, 0.717) is 6.04 Å². The van der Waals surface area contributed by atoms with E-state index >= 15 is 0 Å². The Kier molecular flexibility index (Phi) is 3.77. The molecule has 0 atom stereocenters. The lowest BCUT2D eigenvalue weighted by Gasteiger charge is -2.29. The topological polar surface area (TPSA) is 61.4 Å². The zero-order valence-electron chi connectivity index (χ0n) is 9.50. The van der Waals surface area contributed by atoms with Crippen molar-refractivity contribution >= 4 is 11.8 Å². The normalized spacial score (nSPS) is 21.4. The molecule has 16 heavy (non-hydrogen) atoms. The fourth-order valence-electron chi connectivity index (χ4n) is 1.99. The zero-order chi connectivity index (χ0) is 11.4. The predicted molar refractivity (Wildman–Crippen MR) is 59.8 cm³/mol. The molecule has 1 saturated heterocycles. The van der Waals surface area contributed by atoms with E-state index in [1.165, 1.54) is 6.42 Å². The highest BCUT2D eigenvalue weighted by Gasteiger charge is 2.23. The van der Waals surface area contributed by atoms with E-state index in [2.05, 4.69) is 10.6 Å². The van der Waals surface area contributed by atoms with E-state index in [4.69, 9.17) is 0 Å². The van der Waals surface area contributed by atoms with Crippen LogP contribution in [0.3, 0.4) is 0 Å². The quantitative estimate of drug-likeness (QED) is 0.635. The van der Waals surface area contributed by atoms with Gasteiger partial charge in [-0.15, -0.1) is 0 Å². The average molecular weight is 225 g/mol. The number of nitrogens with zero attached hydrogens (tertiary/aromatic N) is 1. The Hall–Kier alpha value is -1.10. The standard InChI is InChI=1S/C11H19N3O2/c15-10(13-9-2-1-3-9)8-11(16)14-6-4-12-5-7-14/h9,12H,1-8H2,(H,13,15). The fraction of sp³-hybridized carbons (Fsp3) is 0.818. The van der Waals surface area contributed by atoms with Crippen molar-refractivity contribution < 1.29 is 9.59 Å². The number of amides is 2. The van der Waals surface area contributed by atoms with Crippen LogP contribution in [0.2, 0.25) is 0 Å². The number of rotatable bonds is 3. The first-order valence-corrected chi connectivity index (χ1v) is 6.03. The van der Waals surface area contributed by atoms with Crippen molar-refractivity contribution in [2.45, 2.75) is 31.7 Å². The molecular weight excluding hydrogens is 206 g/mol. The average Bonchev–Trinajstić information content (AvgIpc) is 2.25. The van der Waals surface area contributed by atoms with Gasteiger partial charge in [0.05, 0.1) is 0 Å². The molecule has 0 unspecified atom stereocenters. The van der Waals surface area contributed by atoms with Crippen LogP contribution in [-0.4, -0.2) is 48.9 Å². The molecule has 2 amide bonds. The van der Waals surface area contributed by atoms with Gasteiger partial charge >= 0.3 is 0 Å². The number of carbonyl (C=O) groups is 2. The SMILES string of the molecule is O=C(CC(=O)N1CCNCC1)NC1CCC1. The summed E-state index contributed by atoms with van der Waals surface area (Å²) in [6.45, 7) is 3.09. The van der Waals surface area contributed by atoms with Gasteiger partial charge in [0.1, 0.15) is 6.42 Å². The second-order valence-corrected chi connectivity index (χ2v) is 4.50. The number of nitrogens with one attached hydrogen (secondary N) is 2. The van der Waals surface area contributed by atoms with Gasteiger partial charge in [0.25, 0.3) is 0 Å². The van der Waals surface area contributed by atoms with Crippen molar-refractivity contribution in [2.75, 3.05) is 26.2 Å². The van der Waals surface area contributed by atoms with Crippen LogP contribution in [0, 0.1) is 0 Å². The molecule has 0 aromatic carbocycles. The van der Waals surface area contributed by atoms with E-state index < -0.39 is 0 Å². The van der Waals surface area contributed by atoms with E-state index in [1.807, 2.05) is 0 Å². The Balaban J connectivity index is 1.70. The van der Waals surface area contributed by atoms with Crippen LogP contribution in [0.5, 0.6) is 0 Å². The van der Waals surface area contributed by atoms with Crippen LogP contribution < -0.4 is 10.6 Å². The van der Waals surface area contributed by atoms with Crippen LogP contribution >= 0.6 is 0 Å². The van der Waals surface area contributed by atoms with Gasteiger partial charge in [0.2, 0.25) is 11.8 Å². The Bertz CT molecular complexity index is 270. The van der Waals surface area contributed by atoms with Gasteiger partial charge in [-0.1, -0.05) is 0 Å². The molecular formula is C11H19N3O2. The van der Waals surface area contributed by atoms with Gasteiger partial charge in [0.15, 0.2) is 0 Å². The summed E-state index contributed by atoms with van der Waals surface area (Å²) >= 11 is 0. The molecule has 2 rings (SSSR count). The first kappa shape index (κ1) is 11.4. The molecule has 0 spiro atoms. The minimum Gasteiger partial charge on any atom is -0.353 e. The van der Waals surface area contributed by atoms with E-state index in [9.17, 15) is 9.59 Å². The second-order valence-electron chi connectivity index (χ2n) is 4.50. The Morgan fingerprint density at radius 3 is 2.50 bits per heavy atom. The number of hydrogen-bond donors (Lipinski definition) is 2. The van der Waals surface area contributed by atoms with E-state index in [0.717, 1.165) is 39.0 Å². The summed E-state index contributed by atoms with van der Waals surface area (Å²) in [4.78, 5) is 25.0. The number of hydrogen-bond acceptors (Lipinski definition) is 3. The lowest BCUT2D eigenvalue weighted by Crippen LogP contribution is -2.48. The maximum atomic E-state index is 11.7. The molecule has 1 aliphatic heterocycles. The fourth-order valence-corrected chi connectivity index (χ4v) is 1.99. The van der Waals surface area contributed by atoms with Crippen molar-refractivity contribution in [1.29, 1.82) is 0 Å². The molecule has 1 heterocycles. The van der Waals surface area contributed by atoms with Gasteiger partial charge in [-0.25, -0.2) is 0 Å².